The highest BCUT2D eigenvalue weighted by atomic mass is 16.2. The van der Waals surface area contributed by atoms with Crippen LogP contribution in [0.3, 0.4) is 0 Å². The van der Waals surface area contributed by atoms with Crippen molar-refractivity contribution in [2.75, 3.05) is 6.54 Å². The van der Waals surface area contributed by atoms with Gasteiger partial charge in [-0.15, -0.1) is 0 Å². The minimum absolute atomic E-state index is 0.0924. The summed E-state index contributed by atoms with van der Waals surface area (Å²) in [4.78, 5) is 13.1. The maximum absolute atomic E-state index is 11.5. The molecule has 0 aromatic rings. The molecule has 0 aliphatic rings. The minimum Gasteiger partial charge on any atom is -0.338 e. The van der Waals surface area contributed by atoms with Crippen LogP contribution in [0.4, 0.5) is 0 Å². The molecule has 0 aliphatic carbocycles. The lowest BCUT2D eigenvalue weighted by Crippen LogP contribution is -2.45. The average Bonchev–Trinajstić information content (AvgIpc) is 2.04. The zero-order valence-corrected chi connectivity index (χ0v) is 8.45. The van der Waals surface area contributed by atoms with E-state index in [4.69, 9.17) is 11.0 Å². The third-order valence-electron chi connectivity index (χ3n) is 1.76. The summed E-state index contributed by atoms with van der Waals surface area (Å²) in [7, 11) is 0. The van der Waals surface area contributed by atoms with Crippen molar-refractivity contribution in [3.05, 3.63) is 0 Å². The molecule has 0 aromatic heterocycles. The van der Waals surface area contributed by atoms with Gasteiger partial charge in [0, 0.05) is 12.6 Å². The predicted molar refractivity (Wildman–Crippen MR) is 50.7 cm³/mol. The van der Waals surface area contributed by atoms with Crippen molar-refractivity contribution in [1.29, 1.82) is 5.26 Å². The lowest BCUT2D eigenvalue weighted by atomic mass is 10.2. The summed E-state index contributed by atoms with van der Waals surface area (Å²) in [5, 5.41) is 8.40. The molecule has 0 aromatic carbocycles. The van der Waals surface area contributed by atoms with E-state index in [0.717, 1.165) is 0 Å². The topological polar surface area (TPSA) is 70.1 Å². The van der Waals surface area contributed by atoms with Crippen molar-refractivity contribution in [2.24, 2.45) is 5.73 Å². The molecule has 4 nitrogen and oxygen atoms in total. The molecule has 0 saturated heterocycles. The standard InChI is InChI=1S/C9H17N3O/c1-7(2)12(6-4-5-10)9(13)8(3)11/h7-8H,4,6,11H2,1-3H3/t8-/m1/s1. The van der Waals surface area contributed by atoms with Gasteiger partial charge in [-0.25, -0.2) is 0 Å². The van der Waals surface area contributed by atoms with Gasteiger partial charge in [0.25, 0.3) is 0 Å². The van der Waals surface area contributed by atoms with Gasteiger partial charge in [0.2, 0.25) is 5.91 Å². The molecular formula is C9H17N3O. The van der Waals surface area contributed by atoms with Crippen molar-refractivity contribution in [2.45, 2.75) is 39.3 Å². The molecule has 0 spiro atoms. The molecule has 2 N–H and O–H groups in total. The maximum Gasteiger partial charge on any atom is 0.239 e. The normalized spacial score (nSPS) is 12.3. The van der Waals surface area contributed by atoms with Crippen LogP contribution in [0.2, 0.25) is 0 Å². The van der Waals surface area contributed by atoms with E-state index in [9.17, 15) is 4.79 Å². The fourth-order valence-corrected chi connectivity index (χ4v) is 1.05. The van der Waals surface area contributed by atoms with E-state index in [2.05, 4.69) is 0 Å². The monoisotopic (exact) mass is 183 g/mol. The highest BCUT2D eigenvalue weighted by molar-refractivity contribution is 5.81. The summed E-state index contributed by atoms with van der Waals surface area (Å²) in [5.74, 6) is -0.0924. The lowest BCUT2D eigenvalue weighted by Gasteiger charge is -2.27. The summed E-state index contributed by atoms with van der Waals surface area (Å²) >= 11 is 0. The Hall–Kier alpha value is -1.08. The molecular weight excluding hydrogens is 166 g/mol. The van der Waals surface area contributed by atoms with Crippen LogP contribution in [0.25, 0.3) is 0 Å². The quantitative estimate of drug-likeness (QED) is 0.689. The van der Waals surface area contributed by atoms with E-state index in [1.165, 1.54) is 0 Å². The molecule has 1 amide bonds. The average molecular weight is 183 g/mol. The number of nitrogens with zero attached hydrogens (tertiary/aromatic N) is 2. The van der Waals surface area contributed by atoms with E-state index in [-0.39, 0.29) is 11.9 Å². The van der Waals surface area contributed by atoms with Crippen LogP contribution in [0.5, 0.6) is 0 Å². The molecule has 0 fully saturated rings. The van der Waals surface area contributed by atoms with Crippen molar-refractivity contribution in [1.82, 2.24) is 4.90 Å². The molecule has 4 heteroatoms. The largest absolute Gasteiger partial charge is 0.338 e. The van der Waals surface area contributed by atoms with Gasteiger partial charge in [-0.2, -0.15) is 5.26 Å². The summed E-state index contributed by atoms with van der Waals surface area (Å²) < 4.78 is 0. The molecule has 0 aliphatic heterocycles. The summed E-state index contributed by atoms with van der Waals surface area (Å²) in [5.41, 5.74) is 5.47. The molecule has 1 atom stereocenters. The Balaban J connectivity index is 4.26. The first kappa shape index (κ1) is 11.9. The fraction of sp³-hybridized carbons (Fsp3) is 0.778. The smallest absolute Gasteiger partial charge is 0.239 e. The Morgan fingerprint density at radius 1 is 1.54 bits per heavy atom. The van der Waals surface area contributed by atoms with Gasteiger partial charge in [0.05, 0.1) is 18.5 Å². The Labute approximate surface area is 79.3 Å². The molecule has 0 bridgehead atoms. The van der Waals surface area contributed by atoms with E-state index >= 15 is 0 Å². The van der Waals surface area contributed by atoms with Crippen molar-refractivity contribution < 1.29 is 4.79 Å². The third kappa shape index (κ3) is 3.90. The SMILES string of the molecule is CC(C)N(CCC#N)C(=O)[C@@H](C)N. The van der Waals surface area contributed by atoms with Gasteiger partial charge in [-0.05, 0) is 20.8 Å². The van der Waals surface area contributed by atoms with Crippen molar-refractivity contribution in [3.63, 3.8) is 0 Å². The third-order valence-corrected chi connectivity index (χ3v) is 1.76. The van der Waals surface area contributed by atoms with E-state index in [1.807, 2.05) is 19.9 Å². The number of hydrogen-bond donors (Lipinski definition) is 1. The first-order valence-corrected chi connectivity index (χ1v) is 4.43. The number of carbonyl (C=O) groups is 1. The van der Waals surface area contributed by atoms with Crippen LogP contribution >= 0.6 is 0 Å². The van der Waals surface area contributed by atoms with Crippen molar-refractivity contribution in [3.8, 4) is 6.07 Å². The molecule has 74 valence electrons. The number of rotatable bonds is 4. The van der Waals surface area contributed by atoms with Gasteiger partial charge in [0.15, 0.2) is 0 Å². The summed E-state index contributed by atoms with van der Waals surface area (Å²) in [6.45, 7) is 5.95. The lowest BCUT2D eigenvalue weighted by molar-refractivity contribution is -0.133. The van der Waals surface area contributed by atoms with Gasteiger partial charge >= 0.3 is 0 Å². The Morgan fingerprint density at radius 2 is 2.08 bits per heavy atom. The molecule has 13 heavy (non-hydrogen) atoms. The van der Waals surface area contributed by atoms with Gasteiger partial charge in [-0.1, -0.05) is 0 Å². The second-order valence-electron chi connectivity index (χ2n) is 3.32. The molecule has 0 rings (SSSR count). The fourth-order valence-electron chi connectivity index (χ4n) is 1.05. The maximum atomic E-state index is 11.5. The van der Waals surface area contributed by atoms with E-state index < -0.39 is 6.04 Å². The molecule has 0 radical (unpaired) electrons. The number of nitriles is 1. The minimum atomic E-state index is -0.485. The number of hydrogen-bond acceptors (Lipinski definition) is 3. The van der Waals surface area contributed by atoms with Crippen LogP contribution in [0.1, 0.15) is 27.2 Å². The van der Waals surface area contributed by atoms with Gasteiger partial charge in [-0.3, -0.25) is 4.79 Å². The number of nitrogens with two attached hydrogens (primary N) is 1. The van der Waals surface area contributed by atoms with Crippen molar-refractivity contribution >= 4 is 5.91 Å². The second-order valence-corrected chi connectivity index (χ2v) is 3.32. The zero-order chi connectivity index (χ0) is 10.4. The van der Waals surface area contributed by atoms with Gasteiger partial charge in [0.1, 0.15) is 0 Å². The highest BCUT2D eigenvalue weighted by Gasteiger charge is 2.19. The first-order chi connectivity index (χ1) is 6.00. The summed E-state index contributed by atoms with van der Waals surface area (Å²) in [6, 6.07) is 1.63. The van der Waals surface area contributed by atoms with Crippen LogP contribution in [-0.4, -0.2) is 29.4 Å². The Morgan fingerprint density at radius 3 is 2.38 bits per heavy atom. The summed E-state index contributed by atoms with van der Waals surface area (Å²) in [6.07, 6.45) is 0.358. The van der Waals surface area contributed by atoms with Crippen LogP contribution in [-0.2, 0) is 4.79 Å². The molecule has 0 unspecified atom stereocenters. The molecule has 0 saturated carbocycles. The second kappa shape index (κ2) is 5.55. The van der Waals surface area contributed by atoms with Crippen LogP contribution in [0, 0.1) is 11.3 Å². The highest BCUT2D eigenvalue weighted by Crippen LogP contribution is 2.01. The Bertz CT molecular complexity index is 205. The predicted octanol–water partition coefficient (Wildman–Crippen LogP) is 0.484. The van der Waals surface area contributed by atoms with Crippen LogP contribution in [0.15, 0.2) is 0 Å². The number of amides is 1. The number of carbonyl (C=O) groups excluding carboxylic acids is 1. The van der Waals surface area contributed by atoms with Gasteiger partial charge < -0.3 is 10.6 Å². The van der Waals surface area contributed by atoms with E-state index in [0.29, 0.717) is 13.0 Å². The Kier molecular flexibility index (Phi) is 5.09. The first-order valence-electron chi connectivity index (χ1n) is 4.43. The molecule has 0 heterocycles. The van der Waals surface area contributed by atoms with Crippen LogP contribution < -0.4 is 5.73 Å². The zero-order valence-electron chi connectivity index (χ0n) is 8.45. The van der Waals surface area contributed by atoms with E-state index in [1.54, 1.807) is 11.8 Å².